The lowest BCUT2D eigenvalue weighted by Gasteiger charge is -2.12. The fraction of sp³-hybridized carbons (Fsp3) is 0.467. The Labute approximate surface area is 124 Å². The van der Waals surface area contributed by atoms with Gasteiger partial charge in [0, 0.05) is 6.07 Å². The Hall–Kier alpha value is -2.24. The number of carbonyl (C=O) groups is 2. The first-order chi connectivity index (χ1) is 9.88. The quantitative estimate of drug-likeness (QED) is 0.762. The van der Waals surface area contributed by atoms with Crippen molar-refractivity contribution in [2.75, 3.05) is 13.2 Å². The van der Waals surface area contributed by atoms with E-state index in [4.69, 9.17) is 14.6 Å². The molecule has 0 saturated carbocycles. The van der Waals surface area contributed by atoms with Crippen LogP contribution < -0.4 is 14.8 Å². The Morgan fingerprint density at radius 3 is 2.38 bits per heavy atom. The highest BCUT2D eigenvalue weighted by molar-refractivity contribution is 5.84. The standard InChI is InChI=1S/C15H21NO5/c1-10(2)8-20-12-5-4-6-13(7-12)21-9-14(17)16-11(3)15(18)19/h4-7,10-11H,8-9H2,1-3H3,(H,16,17)(H,18,19)/t11-/m1/s1. The van der Waals surface area contributed by atoms with Crippen LogP contribution in [0.2, 0.25) is 0 Å². The van der Waals surface area contributed by atoms with Crippen molar-refractivity contribution in [3.8, 4) is 11.5 Å². The predicted molar refractivity (Wildman–Crippen MR) is 77.5 cm³/mol. The Kier molecular flexibility index (Phi) is 6.52. The minimum Gasteiger partial charge on any atom is -0.493 e. The Morgan fingerprint density at radius 2 is 1.81 bits per heavy atom. The average molecular weight is 295 g/mol. The third-order valence-electron chi connectivity index (χ3n) is 2.51. The molecule has 2 N–H and O–H groups in total. The second-order valence-corrected chi connectivity index (χ2v) is 5.10. The molecule has 1 aromatic rings. The molecule has 6 heteroatoms. The highest BCUT2D eigenvalue weighted by Gasteiger charge is 2.14. The van der Waals surface area contributed by atoms with Crippen LogP contribution in [0.1, 0.15) is 20.8 Å². The maximum absolute atomic E-state index is 11.5. The second-order valence-electron chi connectivity index (χ2n) is 5.10. The van der Waals surface area contributed by atoms with E-state index in [1.165, 1.54) is 6.92 Å². The van der Waals surface area contributed by atoms with Gasteiger partial charge in [-0.2, -0.15) is 0 Å². The van der Waals surface area contributed by atoms with Gasteiger partial charge in [0.25, 0.3) is 5.91 Å². The van der Waals surface area contributed by atoms with Gasteiger partial charge in [0.05, 0.1) is 6.61 Å². The third kappa shape index (κ3) is 6.65. The summed E-state index contributed by atoms with van der Waals surface area (Å²) in [5.41, 5.74) is 0. The topological polar surface area (TPSA) is 84.9 Å². The van der Waals surface area contributed by atoms with E-state index >= 15 is 0 Å². The zero-order valence-corrected chi connectivity index (χ0v) is 12.5. The van der Waals surface area contributed by atoms with Crippen molar-refractivity contribution < 1.29 is 24.2 Å². The minimum atomic E-state index is -1.09. The fourth-order valence-electron chi connectivity index (χ4n) is 1.41. The van der Waals surface area contributed by atoms with Gasteiger partial charge in [-0.15, -0.1) is 0 Å². The zero-order chi connectivity index (χ0) is 15.8. The molecule has 0 radical (unpaired) electrons. The number of amides is 1. The van der Waals surface area contributed by atoms with Crippen molar-refractivity contribution >= 4 is 11.9 Å². The first kappa shape index (κ1) is 16.8. The molecule has 0 fully saturated rings. The van der Waals surface area contributed by atoms with E-state index in [0.29, 0.717) is 24.0 Å². The molecule has 0 aliphatic rings. The van der Waals surface area contributed by atoms with Crippen molar-refractivity contribution in [1.82, 2.24) is 5.32 Å². The molecule has 0 heterocycles. The van der Waals surface area contributed by atoms with Gasteiger partial charge in [-0.1, -0.05) is 19.9 Å². The SMILES string of the molecule is CC(C)COc1cccc(OCC(=O)N[C@H](C)C(=O)O)c1. The average Bonchev–Trinajstić information content (AvgIpc) is 2.43. The summed E-state index contributed by atoms with van der Waals surface area (Å²) in [4.78, 5) is 22.1. The number of rotatable bonds is 8. The second kappa shape index (κ2) is 8.14. The summed E-state index contributed by atoms with van der Waals surface area (Å²) in [5, 5.41) is 11.0. The van der Waals surface area contributed by atoms with Crippen LogP contribution in [0.25, 0.3) is 0 Å². The molecular weight excluding hydrogens is 274 g/mol. The van der Waals surface area contributed by atoms with Crippen LogP contribution in [0, 0.1) is 5.92 Å². The van der Waals surface area contributed by atoms with Crippen molar-refractivity contribution in [2.24, 2.45) is 5.92 Å². The molecule has 0 bridgehead atoms. The van der Waals surface area contributed by atoms with Crippen LogP contribution in [0.3, 0.4) is 0 Å². The van der Waals surface area contributed by atoms with Crippen LogP contribution in [0.15, 0.2) is 24.3 Å². The summed E-state index contributed by atoms with van der Waals surface area (Å²) in [6, 6.07) is 6.03. The number of carboxylic acid groups (broad SMARTS) is 1. The molecule has 1 atom stereocenters. The lowest BCUT2D eigenvalue weighted by Crippen LogP contribution is -2.40. The number of aliphatic carboxylic acids is 1. The van der Waals surface area contributed by atoms with Gasteiger partial charge in [-0.05, 0) is 25.0 Å². The lowest BCUT2D eigenvalue weighted by molar-refractivity contribution is -0.141. The summed E-state index contributed by atoms with van der Waals surface area (Å²) in [6.07, 6.45) is 0. The minimum absolute atomic E-state index is 0.245. The molecular formula is C15H21NO5. The van der Waals surface area contributed by atoms with E-state index in [0.717, 1.165) is 0 Å². The first-order valence-electron chi connectivity index (χ1n) is 6.76. The molecule has 116 valence electrons. The summed E-state index contributed by atoms with van der Waals surface area (Å²) in [6.45, 7) is 5.84. The number of hydrogen-bond acceptors (Lipinski definition) is 4. The van der Waals surface area contributed by atoms with E-state index in [2.05, 4.69) is 5.32 Å². The van der Waals surface area contributed by atoms with Gasteiger partial charge < -0.3 is 19.9 Å². The van der Waals surface area contributed by atoms with E-state index in [1.807, 2.05) is 19.9 Å². The highest BCUT2D eigenvalue weighted by atomic mass is 16.5. The number of benzene rings is 1. The molecule has 0 saturated heterocycles. The van der Waals surface area contributed by atoms with E-state index in [9.17, 15) is 9.59 Å². The number of nitrogens with one attached hydrogen (secondary N) is 1. The molecule has 0 unspecified atom stereocenters. The fourth-order valence-corrected chi connectivity index (χ4v) is 1.41. The van der Waals surface area contributed by atoms with Crippen LogP contribution >= 0.6 is 0 Å². The molecule has 1 amide bonds. The number of hydrogen-bond donors (Lipinski definition) is 2. The van der Waals surface area contributed by atoms with Crippen molar-refractivity contribution in [3.63, 3.8) is 0 Å². The maximum Gasteiger partial charge on any atom is 0.325 e. The van der Waals surface area contributed by atoms with Gasteiger partial charge in [-0.3, -0.25) is 9.59 Å². The van der Waals surface area contributed by atoms with Gasteiger partial charge in [0.1, 0.15) is 17.5 Å². The molecule has 1 aromatic carbocycles. The number of carboxylic acids is 1. The third-order valence-corrected chi connectivity index (χ3v) is 2.51. The Morgan fingerprint density at radius 1 is 1.19 bits per heavy atom. The Balaban J connectivity index is 2.46. The molecule has 0 aliphatic heterocycles. The lowest BCUT2D eigenvalue weighted by atomic mass is 10.2. The van der Waals surface area contributed by atoms with Crippen LogP contribution in [-0.4, -0.2) is 36.2 Å². The van der Waals surface area contributed by atoms with Gasteiger partial charge in [0.15, 0.2) is 6.61 Å². The largest absolute Gasteiger partial charge is 0.493 e. The van der Waals surface area contributed by atoms with Gasteiger partial charge in [0.2, 0.25) is 0 Å². The molecule has 0 aliphatic carbocycles. The van der Waals surface area contributed by atoms with Crippen molar-refractivity contribution in [1.29, 1.82) is 0 Å². The maximum atomic E-state index is 11.5. The smallest absolute Gasteiger partial charge is 0.325 e. The number of carbonyl (C=O) groups excluding carboxylic acids is 1. The molecule has 21 heavy (non-hydrogen) atoms. The van der Waals surface area contributed by atoms with Crippen LogP contribution in [0.5, 0.6) is 11.5 Å². The summed E-state index contributed by atoms with van der Waals surface area (Å²) in [7, 11) is 0. The molecule has 6 nitrogen and oxygen atoms in total. The van der Waals surface area contributed by atoms with E-state index in [-0.39, 0.29) is 6.61 Å². The zero-order valence-electron chi connectivity index (χ0n) is 12.5. The summed E-state index contributed by atoms with van der Waals surface area (Å²) < 4.78 is 10.9. The monoisotopic (exact) mass is 295 g/mol. The molecule has 1 rings (SSSR count). The summed E-state index contributed by atoms with van der Waals surface area (Å²) >= 11 is 0. The van der Waals surface area contributed by atoms with Crippen LogP contribution in [0.4, 0.5) is 0 Å². The van der Waals surface area contributed by atoms with E-state index < -0.39 is 17.9 Å². The first-order valence-corrected chi connectivity index (χ1v) is 6.76. The highest BCUT2D eigenvalue weighted by Crippen LogP contribution is 2.19. The van der Waals surface area contributed by atoms with Gasteiger partial charge >= 0.3 is 5.97 Å². The predicted octanol–water partition coefficient (Wildman–Crippen LogP) is 1.69. The number of ether oxygens (including phenoxy) is 2. The molecule has 0 spiro atoms. The van der Waals surface area contributed by atoms with Crippen molar-refractivity contribution in [2.45, 2.75) is 26.8 Å². The van der Waals surface area contributed by atoms with Crippen molar-refractivity contribution in [3.05, 3.63) is 24.3 Å². The van der Waals surface area contributed by atoms with E-state index in [1.54, 1.807) is 18.2 Å². The molecule has 0 aromatic heterocycles. The van der Waals surface area contributed by atoms with Gasteiger partial charge in [-0.25, -0.2) is 0 Å². The Bertz CT molecular complexity index is 487. The summed E-state index contributed by atoms with van der Waals surface area (Å²) in [5.74, 6) is -0.00131. The van der Waals surface area contributed by atoms with Crippen LogP contribution in [-0.2, 0) is 9.59 Å². The normalized spacial score (nSPS) is 11.8.